The Balaban J connectivity index is 2.41. The lowest BCUT2D eigenvalue weighted by Gasteiger charge is -2.09. The molecule has 1 unspecified atom stereocenters. The van der Waals surface area contributed by atoms with Crippen LogP contribution in [0.4, 0.5) is 5.69 Å². The minimum atomic E-state index is -0.422. The van der Waals surface area contributed by atoms with E-state index in [1.54, 1.807) is 30.5 Å². The Morgan fingerprint density at radius 1 is 1.29 bits per heavy atom. The Morgan fingerprint density at radius 3 is 2.71 bits per heavy atom. The van der Waals surface area contributed by atoms with Gasteiger partial charge >= 0.3 is 0 Å². The number of hydrogen-bond donors (Lipinski definition) is 1. The fourth-order valence-corrected chi connectivity index (χ4v) is 1.78. The van der Waals surface area contributed by atoms with Crippen molar-refractivity contribution in [1.29, 1.82) is 5.26 Å². The summed E-state index contributed by atoms with van der Waals surface area (Å²) in [6, 6.07) is 12.9. The Labute approximate surface area is 104 Å². The van der Waals surface area contributed by atoms with Crippen LogP contribution in [0.1, 0.15) is 17.2 Å². The van der Waals surface area contributed by atoms with E-state index in [-0.39, 0.29) is 0 Å². The first-order valence-corrected chi connectivity index (χ1v) is 5.45. The van der Waals surface area contributed by atoms with Crippen LogP contribution in [0.5, 0.6) is 0 Å². The van der Waals surface area contributed by atoms with Crippen molar-refractivity contribution in [3.8, 4) is 6.07 Å². The minimum Gasteiger partial charge on any atom is -0.397 e. The zero-order valence-corrected chi connectivity index (χ0v) is 9.72. The van der Waals surface area contributed by atoms with Crippen molar-refractivity contribution in [3.63, 3.8) is 0 Å². The number of hydrogen-bond acceptors (Lipinski definition) is 3. The number of benzene rings is 1. The zero-order valence-electron chi connectivity index (χ0n) is 8.97. The highest BCUT2D eigenvalue weighted by atomic mass is 35.5. The third-order valence-corrected chi connectivity index (χ3v) is 2.65. The largest absolute Gasteiger partial charge is 0.397 e. The number of nitrogen functional groups attached to an aromatic ring is 1. The monoisotopic (exact) mass is 243 g/mol. The van der Waals surface area contributed by atoms with Crippen LogP contribution >= 0.6 is 11.6 Å². The molecule has 0 fully saturated rings. The fraction of sp³-hybridized carbons (Fsp3) is 0.0769. The quantitative estimate of drug-likeness (QED) is 0.882. The summed E-state index contributed by atoms with van der Waals surface area (Å²) in [7, 11) is 0. The highest BCUT2D eigenvalue weighted by Gasteiger charge is 2.14. The van der Waals surface area contributed by atoms with Crippen LogP contribution in [0.25, 0.3) is 0 Å². The molecule has 1 aromatic carbocycles. The lowest BCUT2D eigenvalue weighted by Crippen LogP contribution is -2.01. The number of anilines is 1. The van der Waals surface area contributed by atoms with Gasteiger partial charge < -0.3 is 5.73 Å². The van der Waals surface area contributed by atoms with Crippen LogP contribution in [0, 0.1) is 11.3 Å². The minimum absolute atomic E-state index is 0.422. The molecular formula is C13H10ClN3. The van der Waals surface area contributed by atoms with Gasteiger partial charge in [0.15, 0.2) is 0 Å². The van der Waals surface area contributed by atoms with Gasteiger partial charge in [-0.05, 0) is 29.8 Å². The number of pyridine rings is 1. The first-order valence-electron chi connectivity index (χ1n) is 5.07. The first-order chi connectivity index (χ1) is 8.20. The van der Waals surface area contributed by atoms with E-state index in [9.17, 15) is 5.26 Å². The maximum atomic E-state index is 9.23. The summed E-state index contributed by atoms with van der Waals surface area (Å²) in [4.78, 5) is 4.16. The second-order valence-electron chi connectivity index (χ2n) is 3.63. The Bertz CT molecular complexity index is 558. The fourth-order valence-electron chi connectivity index (χ4n) is 1.59. The molecule has 4 heteroatoms. The van der Waals surface area contributed by atoms with Crippen LogP contribution in [0.2, 0.25) is 5.02 Å². The van der Waals surface area contributed by atoms with Gasteiger partial charge in [-0.25, -0.2) is 0 Å². The molecular weight excluding hydrogens is 234 g/mol. The van der Waals surface area contributed by atoms with Gasteiger partial charge in [-0.15, -0.1) is 0 Å². The lowest BCUT2D eigenvalue weighted by atomic mass is 9.97. The molecule has 0 bridgehead atoms. The van der Waals surface area contributed by atoms with Crippen molar-refractivity contribution in [2.45, 2.75) is 5.92 Å². The van der Waals surface area contributed by atoms with Gasteiger partial charge in [-0.3, -0.25) is 4.98 Å². The summed E-state index contributed by atoms with van der Waals surface area (Å²) < 4.78 is 0. The van der Waals surface area contributed by atoms with E-state index in [4.69, 9.17) is 17.3 Å². The van der Waals surface area contributed by atoms with Crippen LogP contribution < -0.4 is 5.73 Å². The number of nitrogens with zero attached hydrogens (tertiary/aromatic N) is 2. The van der Waals surface area contributed by atoms with E-state index in [1.165, 1.54) is 0 Å². The number of nitriles is 1. The van der Waals surface area contributed by atoms with Crippen LogP contribution in [-0.2, 0) is 0 Å². The molecule has 0 spiro atoms. The van der Waals surface area contributed by atoms with E-state index in [2.05, 4.69) is 11.1 Å². The van der Waals surface area contributed by atoms with Gasteiger partial charge in [0.05, 0.1) is 23.6 Å². The molecule has 1 heterocycles. The molecule has 0 saturated carbocycles. The van der Waals surface area contributed by atoms with Crippen LogP contribution in [0.3, 0.4) is 0 Å². The number of rotatable bonds is 2. The van der Waals surface area contributed by atoms with Gasteiger partial charge in [-0.2, -0.15) is 5.26 Å². The smallest absolute Gasteiger partial charge is 0.113 e. The molecule has 0 aliphatic carbocycles. The molecule has 3 nitrogen and oxygen atoms in total. The lowest BCUT2D eigenvalue weighted by molar-refractivity contribution is 0.967. The van der Waals surface area contributed by atoms with Gasteiger partial charge in [-0.1, -0.05) is 23.7 Å². The predicted octanol–water partition coefficient (Wildman–Crippen LogP) is 2.97. The number of nitrogens with two attached hydrogens (primary N) is 1. The zero-order chi connectivity index (χ0) is 12.3. The second-order valence-corrected chi connectivity index (χ2v) is 4.07. The predicted molar refractivity (Wildman–Crippen MR) is 67.6 cm³/mol. The highest BCUT2D eigenvalue weighted by Crippen LogP contribution is 2.24. The van der Waals surface area contributed by atoms with Gasteiger partial charge in [0.25, 0.3) is 0 Å². The molecule has 0 amide bonds. The van der Waals surface area contributed by atoms with Gasteiger partial charge in [0.2, 0.25) is 0 Å². The standard InChI is InChI=1S/C13H10ClN3/c14-10-3-1-2-9(6-10)12(7-15)13-5-4-11(16)8-17-13/h1-6,8,12H,16H2. The molecule has 2 rings (SSSR count). The average Bonchev–Trinajstić information content (AvgIpc) is 2.33. The van der Waals surface area contributed by atoms with Crippen molar-refractivity contribution < 1.29 is 0 Å². The molecule has 0 saturated heterocycles. The topological polar surface area (TPSA) is 62.7 Å². The summed E-state index contributed by atoms with van der Waals surface area (Å²) in [5.74, 6) is -0.422. The van der Waals surface area contributed by atoms with E-state index >= 15 is 0 Å². The SMILES string of the molecule is N#CC(c1cccc(Cl)c1)c1ccc(N)cn1. The number of aromatic nitrogens is 1. The molecule has 17 heavy (non-hydrogen) atoms. The molecule has 1 aromatic heterocycles. The van der Waals surface area contributed by atoms with Crippen molar-refractivity contribution in [2.24, 2.45) is 0 Å². The summed E-state index contributed by atoms with van der Waals surface area (Å²) in [6.45, 7) is 0. The van der Waals surface area contributed by atoms with Crippen LogP contribution in [0.15, 0.2) is 42.6 Å². The third-order valence-electron chi connectivity index (χ3n) is 2.42. The summed E-state index contributed by atoms with van der Waals surface area (Å²) in [6.07, 6.45) is 1.55. The molecule has 2 N–H and O–H groups in total. The number of halogens is 1. The molecule has 84 valence electrons. The van der Waals surface area contributed by atoms with Gasteiger partial charge in [0.1, 0.15) is 5.92 Å². The van der Waals surface area contributed by atoms with Crippen molar-refractivity contribution in [1.82, 2.24) is 4.98 Å². The van der Waals surface area contributed by atoms with Crippen molar-refractivity contribution in [2.75, 3.05) is 5.73 Å². The van der Waals surface area contributed by atoms with Crippen molar-refractivity contribution >= 4 is 17.3 Å². The summed E-state index contributed by atoms with van der Waals surface area (Å²) >= 11 is 5.91. The van der Waals surface area contributed by atoms with Crippen LogP contribution in [-0.4, -0.2) is 4.98 Å². The maximum Gasteiger partial charge on any atom is 0.113 e. The van der Waals surface area contributed by atoms with E-state index in [0.29, 0.717) is 16.4 Å². The Kier molecular flexibility index (Phi) is 3.27. The van der Waals surface area contributed by atoms with E-state index < -0.39 is 5.92 Å². The summed E-state index contributed by atoms with van der Waals surface area (Å²) in [5.41, 5.74) is 7.65. The van der Waals surface area contributed by atoms with Crippen molar-refractivity contribution in [3.05, 3.63) is 58.9 Å². The van der Waals surface area contributed by atoms with E-state index in [1.807, 2.05) is 12.1 Å². The summed E-state index contributed by atoms with van der Waals surface area (Å²) in [5, 5.41) is 9.84. The highest BCUT2D eigenvalue weighted by molar-refractivity contribution is 6.30. The third kappa shape index (κ3) is 2.55. The van der Waals surface area contributed by atoms with Gasteiger partial charge in [0, 0.05) is 5.02 Å². The normalized spacial score (nSPS) is 11.8. The molecule has 2 aromatic rings. The average molecular weight is 244 g/mol. The second kappa shape index (κ2) is 4.86. The first kappa shape index (κ1) is 11.4. The maximum absolute atomic E-state index is 9.23. The van der Waals surface area contributed by atoms with E-state index in [0.717, 1.165) is 5.56 Å². The Morgan fingerprint density at radius 2 is 2.12 bits per heavy atom. The molecule has 0 aliphatic heterocycles. The molecule has 0 aliphatic rings. The molecule has 1 atom stereocenters. The molecule has 0 radical (unpaired) electrons. The Hall–Kier alpha value is -2.05.